The Morgan fingerprint density at radius 2 is 1.74 bits per heavy atom. The molecule has 18 heteroatoms. The number of hydrogen-bond donors (Lipinski definition) is 13. The third kappa shape index (κ3) is 9.12. The maximum atomic E-state index is 12.7. The van der Waals surface area contributed by atoms with Crippen LogP contribution < -0.4 is 39.3 Å². The van der Waals surface area contributed by atoms with Crippen LogP contribution in [0.3, 0.4) is 0 Å². The number of urea groups is 1. The first kappa shape index (κ1) is 36.1. The lowest BCUT2D eigenvalue weighted by atomic mass is 9.72. The fourth-order valence-electron chi connectivity index (χ4n) is 6.05. The number of nitrogens with zero attached hydrogens (tertiary/aromatic N) is 1. The van der Waals surface area contributed by atoms with Crippen LogP contribution in [0.25, 0.3) is 0 Å². The van der Waals surface area contributed by atoms with Crippen LogP contribution in [0, 0.1) is 5.92 Å². The Morgan fingerprint density at radius 3 is 2.40 bits per heavy atom. The number of nitrogens with two attached hydrogens (primary N) is 5. The van der Waals surface area contributed by atoms with E-state index < -0.39 is 91.7 Å². The van der Waals surface area contributed by atoms with Crippen LogP contribution in [0.5, 0.6) is 0 Å². The summed E-state index contributed by atoms with van der Waals surface area (Å²) < 4.78 is 17.9. The smallest absolute Gasteiger partial charge is 0.341 e. The van der Waals surface area contributed by atoms with Crippen molar-refractivity contribution in [1.29, 1.82) is 0 Å². The summed E-state index contributed by atoms with van der Waals surface area (Å²) in [4.78, 5) is 12.7. The van der Waals surface area contributed by atoms with Gasteiger partial charge in [0.2, 0.25) is 0 Å². The van der Waals surface area contributed by atoms with Crippen molar-refractivity contribution in [3.63, 3.8) is 0 Å². The van der Waals surface area contributed by atoms with Gasteiger partial charge in [0.15, 0.2) is 6.29 Å². The summed E-state index contributed by atoms with van der Waals surface area (Å²) in [5.74, 6) is -0.790. The molecule has 1 saturated carbocycles. The topological polar surface area (TPSA) is 324 Å². The van der Waals surface area contributed by atoms with E-state index in [2.05, 4.69) is 10.6 Å². The standard InChI is InChI=1S/C25H52N8O10/c26-4-3-11(35)8-31-9-12-1-2-13(28)22(41-12)17-14(29)7-15(32-25(39)33(40)6-5-27)23(20(17)37)43-24-21(38)18(30)19(36)16(10-34)42-24/h11-24,31,34-38,40H,1-10,26-30H2,(H,32,39). The summed E-state index contributed by atoms with van der Waals surface area (Å²) in [5, 5.41) is 68.4. The average molecular weight is 625 g/mol. The van der Waals surface area contributed by atoms with Crippen molar-refractivity contribution in [3.8, 4) is 0 Å². The third-order valence-electron chi connectivity index (χ3n) is 8.49. The monoisotopic (exact) mass is 624 g/mol. The molecule has 0 bridgehead atoms. The summed E-state index contributed by atoms with van der Waals surface area (Å²) in [7, 11) is 0. The molecular formula is C25H52N8O10. The predicted octanol–water partition coefficient (Wildman–Crippen LogP) is -6.25. The van der Waals surface area contributed by atoms with Gasteiger partial charge in [-0.3, -0.25) is 5.21 Å². The van der Waals surface area contributed by atoms with Gasteiger partial charge >= 0.3 is 6.03 Å². The van der Waals surface area contributed by atoms with E-state index >= 15 is 0 Å². The van der Waals surface area contributed by atoms with Crippen molar-refractivity contribution in [2.75, 3.05) is 39.3 Å². The molecule has 0 radical (unpaired) electrons. The van der Waals surface area contributed by atoms with E-state index in [4.69, 9.17) is 42.9 Å². The van der Waals surface area contributed by atoms with Gasteiger partial charge in [0.05, 0.1) is 49.7 Å². The number of aliphatic hydroxyl groups is 5. The fraction of sp³-hybridized carbons (Fsp3) is 0.960. The zero-order valence-electron chi connectivity index (χ0n) is 24.3. The highest BCUT2D eigenvalue weighted by Crippen LogP contribution is 2.36. The number of amides is 2. The van der Waals surface area contributed by atoms with Crippen LogP contribution in [0.1, 0.15) is 25.7 Å². The van der Waals surface area contributed by atoms with Gasteiger partial charge in [-0.25, -0.2) is 9.86 Å². The molecule has 18 nitrogen and oxygen atoms in total. The maximum absolute atomic E-state index is 12.7. The molecule has 2 saturated heterocycles. The molecule has 18 N–H and O–H groups in total. The van der Waals surface area contributed by atoms with E-state index in [-0.39, 0.29) is 25.6 Å². The Morgan fingerprint density at radius 1 is 1.02 bits per heavy atom. The van der Waals surface area contributed by atoms with Gasteiger partial charge in [-0.15, -0.1) is 0 Å². The molecule has 43 heavy (non-hydrogen) atoms. The van der Waals surface area contributed by atoms with Gasteiger partial charge in [-0.05, 0) is 32.2 Å². The Hall–Kier alpha value is -1.33. The van der Waals surface area contributed by atoms with Crippen LogP contribution in [0.2, 0.25) is 0 Å². The minimum Gasteiger partial charge on any atom is -0.394 e. The largest absolute Gasteiger partial charge is 0.394 e. The highest BCUT2D eigenvalue weighted by Gasteiger charge is 2.53. The second-order valence-corrected chi connectivity index (χ2v) is 11.7. The van der Waals surface area contributed by atoms with Gasteiger partial charge < -0.3 is 79.0 Å². The highest BCUT2D eigenvalue weighted by atomic mass is 16.7. The zero-order chi connectivity index (χ0) is 31.8. The molecule has 0 spiro atoms. The number of hydroxylamine groups is 2. The van der Waals surface area contributed by atoms with Crippen molar-refractivity contribution >= 4 is 6.03 Å². The molecule has 0 aromatic carbocycles. The van der Waals surface area contributed by atoms with Crippen LogP contribution in [-0.2, 0) is 14.2 Å². The Kier molecular flexibility index (Phi) is 14.1. The zero-order valence-corrected chi connectivity index (χ0v) is 24.3. The number of aliphatic hydroxyl groups excluding tert-OH is 5. The minimum atomic E-state index is -1.56. The van der Waals surface area contributed by atoms with Crippen molar-refractivity contribution in [1.82, 2.24) is 15.7 Å². The lowest BCUT2D eigenvalue weighted by molar-refractivity contribution is -0.306. The Labute approximate surface area is 250 Å². The Bertz CT molecular complexity index is 852. The SMILES string of the molecule is NCCC(O)CNCC1CCC(N)C(C2C(N)CC(NC(=O)N(O)CCN)C(OC3OC(CO)C(O)C(N)C3O)C2O)O1. The molecule has 2 heterocycles. The van der Waals surface area contributed by atoms with E-state index in [1.165, 1.54) is 0 Å². The van der Waals surface area contributed by atoms with E-state index in [0.29, 0.717) is 44.0 Å². The summed E-state index contributed by atoms with van der Waals surface area (Å²) in [5.41, 5.74) is 29.9. The molecule has 3 rings (SSSR count). The van der Waals surface area contributed by atoms with Crippen LogP contribution >= 0.6 is 0 Å². The van der Waals surface area contributed by atoms with Gasteiger partial charge in [0.1, 0.15) is 24.4 Å². The third-order valence-corrected chi connectivity index (χ3v) is 8.49. The number of carbonyl (C=O) groups is 1. The van der Waals surface area contributed by atoms with Gasteiger partial charge in [0.25, 0.3) is 0 Å². The number of hydrogen-bond acceptors (Lipinski definition) is 16. The molecule has 2 amide bonds. The maximum Gasteiger partial charge on any atom is 0.341 e. The van der Waals surface area contributed by atoms with Crippen molar-refractivity contribution in [3.05, 3.63) is 0 Å². The molecule has 14 unspecified atom stereocenters. The summed E-state index contributed by atoms with van der Waals surface area (Å²) in [6.45, 7) is 0.312. The first-order chi connectivity index (χ1) is 20.4. The van der Waals surface area contributed by atoms with E-state index in [0.717, 1.165) is 0 Å². The number of ether oxygens (including phenoxy) is 3. The second-order valence-electron chi connectivity index (χ2n) is 11.7. The number of rotatable bonds is 13. The van der Waals surface area contributed by atoms with E-state index in [1.54, 1.807) is 0 Å². The molecule has 1 aliphatic carbocycles. The average Bonchev–Trinajstić information content (AvgIpc) is 2.96. The van der Waals surface area contributed by atoms with Gasteiger partial charge in [-0.1, -0.05) is 0 Å². The summed E-state index contributed by atoms with van der Waals surface area (Å²) in [6.07, 6.45) is -8.23. The van der Waals surface area contributed by atoms with E-state index in [9.17, 15) is 35.5 Å². The van der Waals surface area contributed by atoms with Crippen molar-refractivity contribution in [2.24, 2.45) is 34.6 Å². The van der Waals surface area contributed by atoms with Crippen LogP contribution in [0.15, 0.2) is 0 Å². The molecule has 3 aliphatic rings. The number of carbonyl (C=O) groups excluding carboxylic acids is 1. The summed E-state index contributed by atoms with van der Waals surface area (Å²) in [6, 6.07) is -4.39. The number of nitrogens with one attached hydrogen (secondary N) is 2. The Balaban J connectivity index is 1.80. The molecule has 2 aliphatic heterocycles. The fourth-order valence-corrected chi connectivity index (χ4v) is 6.05. The van der Waals surface area contributed by atoms with Gasteiger partial charge in [-0.2, -0.15) is 0 Å². The molecule has 252 valence electrons. The molecule has 0 aromatic heterocycles. The van der Waals surface area contributed by atoms with Crippen LogP contribution in [0.4, 0.5) is 4.79 Å². The lowest BCUT2D eigenvalue weighted by Gasteiger charge is -2.51. The molecular weight excluding hydrogens is 572 g/mol. The van der Waals surface area contributed by atoms with Crippen molar-refractivity contribution < 1.29 is 49.7 Å². The molecule has 0 aromatic rings. The normalized spacial score (nSPS) is 41.0. The lowest BCUT2D eigenvalue weighted by Crippen LogP contribution is -2.69. The summed E-state index contributed by atoms with van der Waals surface area (Å²) >= 11 is 0. The van der Waals surface area contributed by atoms with Crippen molar-refractivity contribution in [2.45, 2.75) is 105 Å². The molecule has 14 atom stereocenters. The highest BCUT2D eigenvalue weighted by molar-refractivity contribution is 5.73. The van der Waals surface area contributed by atoms with Crippen LogP contribution in [-0.4, -0.2) is 160 Å². The second kappa shape index (κ2) is 16.8. The minimum absolute atomic E-state index is 0.0114. The first-order valence-electron chi connectivity index (χ1n) is 14.9. The first-order valence-corrected chi connectivity index (χ1v) is 14.9. The predicted molar refractivity (Wildman–Crippen MR) is 151 cm³/mol. The molecule has 3 fully saturated rings. The van der Waals surface area contributed by atoms with Gasteiger partial charge in [0, 0.05) is 37.6 Å². The quantitative estimate of drug-likeness (QED) is 0.0669. The van der Waals surface area contributed by atoms with E-state index in [1.807, 2.05) is 0 Å².